The van der Waals surface area contributed by atoms with Crippen molar-refractivity contribution in [1.82, 2.24) is 10.0 Å². The Bertz CT molecular complexity index is 506. The minimum Gasteiger partial charge on any atom is -0.465 e. The van der Waals surface area contributed by atoms with Crippen LogP contribution in [0.25, 0.3) is 0 Å². The van der Waals surface area contributed by atoms with E-state index in [-0.39, 0.29) is 0 Å². The van der Waals surface area contributed by atoms with E-state index in [4.69, 9.17) is 4.42 Å². The van der Waals surface area contributed by atoms with Gasteiger partial charge in [-0.25, -0.2) is 13.1 Å². The van der Waals surface area contributed by atoms with E-state index in [1.807, 2.05) is 13.8 Å². The fourth-order valence-electron chi connectivity index (χ4n) is 1.97. The van der Waals surface area contributed by atoms with E-state index >= 15 is 0 Å². The zero-order valence-electron chi connectivity index (χ0n) is 12.2. The zero-order chi connectivity index (χ0) is 14.5. The number of hydrogen-bond donors (Lipinski definition) is 2. The standard InChI is InChI=1S/C13H24N2O3S/c1-5-7-8-15-19(16,17)13-11(4)18-10(3)12(13)9-14-6-2/h14-15H,5-9H2,1-4H3. The van der Waals surface area contributed by atoms with Crippen molar-refractivity contribution in [2.24, 2.45) is 0 Å². The Kier molecular flexibility index (Phi) is 6.03. The first-order valence-electron chi connectivity index (χ1n) is 6.73. The predicted molar refractivity (Wildman–Crippen MR) is 75.7 cm³/mol. The van der Waals surface area contributed by atoms with Crippen LogP contribution in [0.15, 0.2) is 9.31 Å². The average molecular weight is 288 g/mol. The van der Waals surface area contributed by atoms with Crippen LogP contribution in [-0.2, 0) is 16.6 Å². The maximum Gasteiger partial charge on any atom is 0.244 e. The van der Waals surface area contributed by atoms with E-state index < -0.39 is 10.0 Å². The third-order valence-electron chi connectivity index (χ3n) is 2.97. The summed E-state index contributed by atoms with van der Waals surface area (Å²) in [5.74, 6) is 1.11. The summed E-state index contributed by atoms with van der Waals surface area (Å²) >= 11 is 0. The summed E-state index contributed by atoms with van der Waals surface area (Å²) in [4.78, 5) is 0.294. The molecule has 0 saturated heterocycles. The summed E-state index contributed by atoms with van der Waals surface area (Å²) in [5.41, 5.74) is 0.725. The lowest BCUT2D eigenvalue weighted by Crippen LogP contribution is -2.26. The van der Waals surface area contributed by atoms with Gasteiger partial charge in [-0.1, -0.05) is 20.3 Å². The third kappa shape index (κ3) is 4.06. The molecule has 1 heterocycles. The molecule has 1 rings (SSSR count). The van der Waals surface area contributed by atoms with Crippen LogP contribution in [0.4, 0.5) is 0 Å². The van der Waals surface area contributed by atoms with Crippen molar-refractivity contribution in [1.29, 1.82) is 0 Å². The van der Waals surface area contributed by atoms with E-state index in [0.29, 0.717) is 29.5 Å². The molecule has 0 fully saturated rings. The molecule has 19 heavy (non-hydrogen) atoms. The summed E-state index contributed by atoms with van der Waals surface area (Å²) in [7, 11) is -3.49. The number of rotatable bonds is 8. The lowest BCUT2D eigenvalue weighted by Gasteiger charge is -2.08. The maximum atomic E-state index is 12.3. The first-order chi connectivity index (χ1) is 8.94. The number of unbranched alkanes of at least 4 members (excludes halogenated alkanes) is 1. The molecule has 1 aromatic heterocycles. The van der Waals surface area contributed by atoms with Gasteiger partial charge in [-0.3, -0.25) is 0 Å². The SMILES string of the molecule is CCCCNS(=O)(=O)c1c(C)oc(C)c1CNCC. The molecule has 0 spiro atoms. The number of sulfonamides is 1. The minimum absolute atomic E-state index is 0.294. The predicted octanol–water partition coefficient (Wildman–Crippen LogP) is 2.08. The van der Waals surface area contributed by atoms with Gasteiger partial charge >= 0.3 is 0 Å². The van der Waals surface area contributed by atoms with E-state index in [1.54, 1.807) is 13.8 Å². The van der Waals surface area contributed by atoms with E-state index in [2.05, 4.69) is 10.0 Å². The smallest absolute Gasteiger partial charge is 0.244 e. The number of furan rings is 1. The molecular weight excluding hydrogens is 264 g/mol. The van der Waals surface area contributed by atoms with Crippen molar-refractivity contribution < 1.29 is 12.8 Å². The largest absolute Gasteiger partial charge is 0.465 e. The molecule has 0 bridgehead atoms. The molecule has 0 radical (unpaired) electrons. The highest BCUT2D eigenvalue weighted by Crippen LogP contribution is 2.26. The molecule has 0 aliphatic carbocycles. The fourth-order valence-corrected chi connectivity index (χ4v) is 3.49. The van der Waals surface area contributed by atoms with Gasteiger partial charge in [-0.2, -0.15) is 0 Å². The normalized spacial score (nSPS) is 12.0. The minimum atomic E-state index is -3.49. The van der Waals surface area contributed by atoms with Crippen molar-refractivity contribution >= 4 is 10.0 Å². The topological polar surface area (TPSA) is 71.3 Å². The number of aryl methyl sites for hydroxylation is 2. The van der Waals surface area contributed by atoms with Crippen LogP contribution in [0.5, 0.6) is 0 Å². The van der Waals surface area contributed by atoms with Gasteiger partial charge in [0, 0.05) is 18.7 Å². The van der Waals surface area contributed by atoms with E-state index in [9.17, 15) is 8.42 Å². The summed E-state index contributed by atoms with van der Waals surface area (Å²) in [5, 5.41) is 3.15. The van der Waals surface area contributed by atoms with Gasteiger partial charge in [0.1, 0.15) is 16.4 Å². The third-order valence-corrected chi connectivity index (χ3v) is 4.62. The van der Waals surface area contributed by atoms with E-state index in [1.165, 1.54) is 0 Å². The summed E-state index contributed by atoms with van der Waals surface area (Å²) in [6, 6.07) is 0. The highest BCUT2D eigenvalue weighted by atomic mass is 32.2. The number of nitrogens with one attached hydrogen (secondary N) is 2. The average Bonchev–Trinajstić information content (AvgIpc) is 2.62. The lowest BCUT2D eigenvalue weighted by atomic mass is 10.2. The Hall–Kier alpha value is -0.850. The molecular formula is C13H24N2O3S. The summed E-state index contributed by atoms with van der Waals surface area (Å²) in [6.45, 7) is 9.24. The Morgan fingerprint density at radius 2 is 1.84 bits per heavy atom. The molecule has 1 aromatic rings. The van der Waals surface area contributed by atoms with Crippen LogP contribution in [0, 0.1) is 13.8 Å². The first kappa shape index (κ1) is 16.2. The van der Waals surface area contributed by atoms with Gasteiger partial charge in [-0.05, 0) is 26.8 Å². The van der Waals surface area contributed by atoms with Crippen molar-refractivity contribution in [2.45, 2.75) is 52.0 Å². The van der Waals surface area contributed by atoms with Gasteiger partial charge < -0.3 is 9.73 Å². The van der Waals surface area contributed by atoms with Crippen LogP contribution in [0.2, 0.25) is 0 Å². The molecule has 2 N–H and O–H groups in total. The highest BCUT2D eigenvalue weighted by Gasteiger charge is 2.26. The van der Waals surface area contributed by atoms with Crippen molar-refractivity contribution in [3.63, 3.8) is 0 Å². The van der Waals surface area contributed by atoms with Gasteiger partial charge in [0.25, 0.3) is 0 Å². The molecule has 0 atom stereocenters. The van der Waals surface area contributed by atoms with Gasteiger partial charge in [0.05, 0.1) is 0 Å². The van der Waals surface area contributed by atoms with Crippen LogP contribution in [0.1, 0.15) is 43.8 Å². The monoisotopic (exact) mass is 288 g/mol. The molecule has 110 valence electrons. The van der Waals surface area contributed by atoms with Crippen LogP contribution in [-0.4, -0.2) is 21.5 Å². The van der Waals surface area contributed by atoms with Crippen LogP contribution >= 0.6 is 0 Å². The zero-order valence-corrected chi connectivity index (χ0v) is 13.0. The van der Waals surface area contributed by atoms with Crippen LogP contribution in [0.3, 0.4) is 0 Å². The second-order valence-electron chi connectivity index (χ2n) is 4.55. The van der Waals surface area contributed by atoms with Gasteiger partial charge in [0.2, 0.25) is 10.0 Å². The molecule has 0 aromatic carbocycles. The Balaban J connectivity index is 3.03. The molecule has 5 nitrogen and oxygen atoms in total. The summed E-state index contributed by atoms with van der Waals surface area (Å²) in [6.07, 6.45) is 1.79. The van der Waals surface area contributed by atoms with E-state index in [0.717, 1.165) is 24.9 Å². The first-order valence-corrected chi connectivity index (χ1v) is 8.21. The molecule has 0 saturated carbocycles. The second-order valence-corrected chi connectivity index (χ2v) is 6.26. The van der Waals surface area contributed by atoms with Crippen molar-refractivity contribution in [2.75, 3.05) is 13.1 Å². The second kappa shape index (κ2) is 7.07. The van der Waals surface area contributed by atoms with Gasteiger partial charge in [0.15, 0.2) is 0 Å². The summed E-state index contributed by atoms with van der Waals surface area (Å²) < 4.78 is 32.8. The Labute approximate surface area is 115 Å². The Morgan fingerprint density at radius 1 is 1.16 bits per heavy atom. The maximum absolute atomic E-state index is 12.3. The van der Waals surface area contributed by atoms with Gasteiger partial charge in [-0.15, -0.1) is 0 Å². The fraction of sp³-hybridized carbons (Fsp3) is 0.692. The molecule has 0 unspecified atom stereocenters. The molecule has 0 aliphatic heterocycles. The van der Waals surface area contributed by atoms with Crippen molar-refractivity contribution in [3.8, 4) is 0 Å². The number of hydrogen-bond acceptors (Lipinski definition) is 4. The molecule has 0 amide bonds. The van der Waals surface area contributed by atoms with Crippen molar-refractivity contribution in [3.05, 3.63) is 17.1 Å². The molecule has 6 heteroatoms. The quantitative estimate of drug-likeness (QED) is 0.719. The highest BCUT2D eigenvalue weighted by molar-refractivity contribution is 7.89. The molecule has 0 aliphatic rings. The van der Waals surface area contributed by atoms with Crippen LogP contribution < -0.4 is 10.0 Å². The Morgan fingerprint density at radius 3 is 2.42 bits per heavy atom. The lowest BCUT2D eigenvalue weighted by molar-refractivity contribution is 0.493.